The predicted molar refractivity (Wildman–Crippen MR) is 70.8 cm³/mol. The molecule has 1 rings (SSSR count). The van der Waals surface area contributed by atoms with Crippen molar-refractivity contribution in [3.63, 3.8) is 0 Å². The van der Waals surface area contributed by atoms with E-state index in [9.17, 15) is 8.78 Å². The third kappa shape index (κ3) is 5.73. The van der Waals surface area contributed by atoms with E-state index < -0.39 is 5.76 Å². The summed E-state index contributed by atoms with van der Waals surface area (Å²) >= 11 is 0.566. The van der Waals surface area contributed by atoms with Gasteiger partial charge in [-0.3, -0.25) is 0 Å². The number of nitrogens with one attached hydrogen (secondary N) is 1. The van der Waals surface area contributed by atoms with Crippen LogP contribution in [-0.4, -0.2) is 11.8 Å². The normalized spacial score (nSPS) is 12.5. The highest BCUT2D eigenvalue weighted by Gasteiger charge is 2.05. The fourth-order valence-corrected chi connectivity index (χ4v) is 1.96. The standard InChI is InChI=1S/C13H17F2NS/c1-3-4-5-10(2)16-11-6-8-12(9-7-11)17-13(14)15/h3,6-10,13,16H,1,4-5H2,2H3. The Morgan fingerprint density at radius 3 is 2.53 bits per heavy atom. The maximum absolute atomic E-state index is 12.1. The molecule has 0 aliphatic carbocycles. The van der Waals surface area contributed by atoms with Gasteiger partial charge in [0.05, 0.1) is 0 Å². The van der Waals surface area contributed by atoms with Gasteiger partial charge in [-0.05, 0) is 44.0 Å². The van der Waals surface area contributed by atoms with Crippen molar-refractivity contribution in [2.24, 2.45) is 0 Å². The SMILES string of the molecule is C=CCCC(C)Nc1ccc(SC(F)F)cc1. The number of anilines is 1. The topological polar surface area (TPSA) is 12.0 Å². The molecule has 0 aromatic heterocycles. The average molecular weight is 257 g/mol. The summed E-state index contributed by atoms with van der Waals surface area (Å²) in [6.07, 6.45) is 3.87. The van der Waals surface area contributed by atoms with E-state index >= 15 is 0 Å². The molecule has 1 atom stereocenters. The van der Waals surface area contributed by atoms with Crippen molar-refractivity contribution in [3.8, 4) is 0 Å². The smallest absolute Gasteiger partial charge is 0.288 e. The molecule has 0 fully saturated rings. The van der Waals surface area contributed by atoms with Crippen LogP contribution in [0.5, 0.6) is 0 Å². The number of rotatable bonds is 7. The van der Waals surface area contributed by atoms with Crippen LogP contribution >= 0.6 is 11.8 Å². The van der Waals surface area contributed by atoms with Crippen LogP contribution < -0.4 is 5.32 Å². The first-order valence-electron chi connectivity index (χ1n) is 5.54. The molecule has 1 aromatic carbocycles. The molecule has 1 N–H and O–H groups in total. The number of hydrogen-bond donors (Lipinski definition) is 1. The summed E-state index contributed by atoms with van der Waals surface area (Å²) in [4.78, 5) is 0.587. The highest BCUT2D eigenvalue weighted by atomic mass is 32.2. The summed E-state index contributed by atoms with van der Waals surface area (Å²) in [5.74, 6) is -2.36. The second-order valence-corrected chi connectivity index (χ2v) is 4.88. The Kier molecular flexibility index (Phi) is 6.05. The number of alkyl halides is 2. The number of allylic oxidation sites excluding steroid dienone is 1. The molecule has 0 aliphatic rings. The molecule has 17 heavy (non-hydrogen) atoms. The molecule has 0 bridgehead atoms. The molecule has 0 amide bonds. The van der Waals surface area contributed by atoms with Crippen molar-refractivity contribution in [1.82, 2.24) is 0 Å². The molecule has 1 unspecified atom stereocenters. The summed E-state index contributed by atoms with van der Waals surface area (Å²) < 4.78 is 24.2. The van der Waals surface area contributed by atoms with Crippen molar-refractivity contribution in [1.29, 1.82) is 0 Å². The minimum atomic E-state index is -2.36. The van der Waals surface area contributed by atoms with Crippen LogP contribution in [0.15, 0.2) is 41.8 Å². The fourth-order valence-electron chi connectivity index (χ4n) is 1.46. The van der Waals surface area contributed by atoms with Gasteiger partial charge in [0.15, 0.2) is 0 Å². The molecule has 94 valence electrons. The molecule has 0 spiro atoms. The lowest BCUT2D eigenvalue weighted by molar-refractivity contribution is 0.252. The molecular formula is C13H17F2NS. The number of hydrogen-bond acceptors (Lipinski definition) is 2. The molecule has 0 radical (unpaired) electrons. The quantitative estimate of drug-likeness (QED) is 0.558. The summed E-state index contributed by atoms with van der Waals surface area (Å²) in [6, 6.07) is 7.42. The van der Waals surface area contributed by atoms with Crippen LogP contribution in [0.25, 0.3) is 0 Å². The first-order valence-corrected chi connectivity index (χ1v) is 6.42. The van der Waals surface area contributed by atoms with Gasteiger partial charge in [-0.25, -0.2) is 0 Å². The minimum Gasteiger partial charge on any atom is -0.383 e. The maximum atomic E-state index is 12.1. The predicted octanol–water partition coefficient (Wildman–Crippen LogP) is 4.77. The summed E-state index contributed by atoms with van der Waals surface area (Å²) in [5, 5.41) is 3.31. The second kappa shape index (κ2) is 7.33. The Bertz CT molecular complexity index is 338. The summed E-state index contributed by atoms with van der Waals surface area (Å²) in [6.45, 7) is 5.77. The molecular weight excluding hydrogens is 240 g/mol. The van der Waals surface area contributed by atoms with E-state index in [2.05, 4.69) is 18.8 Å². The zero-order valence-electron chi connectivity index (χ0n) is 9.83. The highest BCUT2D eigenvalue weighted by molar-refractivity contribution is 7.99. The third-order valence-corrected chi connectivity index (χ3v) is 3.02. The molecule has 0 saturated heterocycles. The maximum Gasteiger partial charge on any atom is 0.288 e. The average Bonchev–Trinajstić information content (AvgIpc) is 2.28. The van der Waals surface area contributed by atoms with Gasteiger partial charge in [0.2, 0.25) is 0 Å². The Morgan fingerprint density at radius 2 is 2.00 bits per heavy atom. The third-order valence-electron chi connectivity index (χ3n) is 2.30. The van der Waals surface area contributed by atoms with E-state index in [1.807, 2.05) is 18.2 Å². The molecule has 1 nitrogen and oxygen atoms in total. The Hall–Kier alpha value is -1.03. The van der Waals surface area contributed by atoms with Crippen LogP contribution in [0.3, 0.4) is 0 Å². The number of benzene rings is 1. The van der Waals surface area contributed by atoms with Gasteiger partial charge in [0.1, 0.15) is 0 Å². The number of halogens is 2. The largest absolute Gasteiger partial charge is 0.383 e. The molecule has 0 aliphatic heterocycles. The van der Waals surface area contributed by atoms with E-state index in [1.165, 1.54) is 0 Å². The first-order chi connectivity index (χ1) is 8.11. The monoisotopic (exact) mass is 257 g/mol. The van der Waals surface area contributed by atoms with Crippen molar-refractivity contribution in [3.05, 3.63) is 36.9 Å². The van der Waals surface area contributed by atoms with Crippen molar-refractivity contribution in [2.45, 2.75) is 36.5 Å². The lowest BCUT2D eigenvalue weighted by Gasteiger charge is -2.14. The molecule has 1 aromatic rings. The van der Waals surface area contributed by atoms with Gasteiger partial charge in [-0.15, -0.1) is 6.58 Å². The first kappa shape index (κ1) is 14.0. The van der Waals surface area contributed by atoms with Crippen molar-refractivity contribution < 1.29 is 8.78 Å². The van der Waals surface area contributed by atoms with Gasteiger partial charge >= 0.3 is 0 Å². The second-order valence-electron chi connectivity index (χ2n) is 3.81. The van der Waals surface area contributed by atoms with E-state index in [0.29, 0.717) is 22.7 Å². The fraction of sp³-hybridized carbons (Fsp3) is 0.385. The Morgan fingerprint density at radius 1 is 1.35 bits per heavy atom. The van der Waals surface area contributed by atoms with E-state index in [4.69, 9.17) is 0 Å². The lowest BCUT2D eigenvalue weighted by atomic mass is 10.1. The van der Waals surface area contributed by atoms with Crippen molar-refractivity contribution >= 4 is 17.4 Å². The van der Waals surface area contributed by atoms with Crippen LogP contribution in [0.4, 0.5) is 14.5 Å². The van der Waals surface area contributed by atoms with E-state index in [1.54, 1.807) is 12.1 Å². The zero-order chi connectivity index (χ0) is 12.7. The minimum absolute atomic E-state index is 0.349. The van der Waals surface area contributed by atoms with Crippen LogP contribution in [0, 0.1) is 0 Å². The Balaban J connectivity index is 2.47. The summed E-state index contributed by atoms with van der Waals surface area (Å²) in [5.41, 5.74) is 0.958. The van der Waals surface area contributed by atoms with E-state index in [-0.39, 0.29) is 0 Å². The van der Waals surface area contributed by atoms with Gasteiger partial charge in [-0.2, -0.15) is 8.78 Å². The van der Waals surface area contributed by atoms with Crippen molar-refractivity contribution in [2.75, 3.05) is 5.32 Å². The van der Waals surface area contributed by atoms with Gasteiger partial charge in [0.25, 0.3) is 5.76 Å². The lowest BCUT2D eigenvalue weighted by Crippen LogP contribution is -2.14. The van der Waals surface area contributed by atoms with Crippen LogP contribution in [-0.2, 0) is 0 Å². The van der Waals surface area contributed by atoms with Crippen LogP contribution in [0.1, 0.15) is 19.8 Å². The Labute approximate surface area is 105 Å². The number of thioether (sulfide) groups is 1. The highest BCUT2D eigenvalue weighted by Crippen LogP contribution is 2.26. The van der Waals surface area contributed by atoms with E-state index in [0.717, 1.165) is 18.5 Å². The van der Waals surface area contributed by atoms with Gasteiger partial charge in [0, 0.05) is 16.6 Å². The van der Waals surface area contributed by atoms with Crippen LogP contribution in [0.2, 0.25) is 0 Å². The van der Waals surface area contributed by atoms with Gasteiger partial charge < -0.3 is 5.32 Å². The molecule has 0 saturated carbocycles. The van der Waals surface area contributed by atoms with Gasteiger partial charge in [-0.1, -0.05) is 17.8 Å². The summed E-state index contributed by atoms with van der Waals surface area (Å²) in [7, 11) is 0. The zero-order valence-corrected chi connectivity index (χ0v) is 10.6. The molecule has 4 heteroatoms. The molecule has 0 heterocycles.